The maximum Gasteiger partial charge on any atom is 0.454 e. The Morgan fingerprint density at radius 1 is 1.06 bits per heavy atom. The van der Waals surface area contributed by atoms with E-state index in [1.807, 2.05) is 0 Å². The van der Waals surface area contributed by atoms with Gasteiger partial charge in [0.2, 0.25) is 0 Å². The molecule has 0 N–H and O–H groups in total. The van der Waals surface area contributed by atoms with Crippen LogP contribution in [0.4, 0.5) is 13.2 Å². The minimum atomic E-state index is -4.77. The van der Waals surface area contributed by atoms with Gasteiger partial charge in [-0.25, -0.2) is 0 Å². The van der Waals surface area contributed by atoms with Gasteiger partial charge < -0.3 is 0 Å². The van der Waals surface area contributed by atoms with Crippen LogP contribution in [0.5, 0.6) is 0 Å². The van der Waals surface area contributed by atoms with E-state index in [0.29, 0.717) is 0 Å². The van der Waals surface area contributed by atoms with Crippen LogP contribution in [0.1, 0.15) is 34.3 Å². The monoisotopic (exact) mass is 228 g/mol. The van der Waals surface area contributed by atoms with Crippen molar-refractivity contribution in [3.8, 4) is 0 Å². The van der Waals surface area contributed by atoms with E-state index in [4.69, 9.17) is 0 Å². The molecule has 0 aromatic heterocycles. The van der Waals surface area contributed by atoms with E-state index in [2.05, 4.69) is 0 Å². The van der Waals surface area contributed by atoms with Crippen LogP contribution in [0.3, 0.4) is 0 Å². The van der Waals surface area contributed by atoms with E-state index < -0.39 is 12.0 Å². The molecule has 1 aromatic carbocycles. The molecule has 0 radical (unpaired) electrons. The molecule has 0 fully saturated rings. The zero-order valence-electron chi connectivity index (χ0n) is 8.60. The van der Waals surface area contributed by atoms with Crippen molar-refractivity contribution in [2.75, 3.05) is 0 Å². The lowest BCUT2D eigenvalue weighted by Crippen LogP contribution is -2.23. The zero-order chi connectivity index (χ0) is 11.8. The number of halogens is 3. The topological polar surface area (TPSA) is 17.1 Å². The molecule has 0 spiro atoms. The van der Waals surface area contributed by atoms with E-state index in [1.54, 1.807) is 6.07 Å². The van der Waals surface area contributed by atoms with Gasteiger partial charge in [0, 0.05) is 5.56 Å². The molecule has 0 aliphatic heterocycles. The highest BCUT2D eigenvalue weighted by Gasteiger charge is 2.39. The molecule has 0 amide bonds. The molecule has 86 valence electrons. The quantitative estimate of drug-likeness (QED) is 0.674. The Hall–Kier alpha value is -1.32. The summed E-state index contributed by atoms with van der Waals surface area (Å²) < 4.78 is 36.7. The first-order valence-corrected chi connectivity index (χ1v) is 5.22. The minimum absolute atomic E-state index is 0.242. The van der Waals surface area contributed by atoms with Crippen LogP contribution in [0.15, 0.2) is 18.2 Å². The van der Waals surface area contributed by atoms with Crippen LogP contribution >= 0.6 is 0 Å². The number of hydrogen-bond donors (Lipinski definition) is 0. The Morgan fingerprint density at radius 2 is 1.69 bits per heavy atom. The SMILES string of the molecule is O=C(c1ccc2c(c1)CCCC2)C(F)(F)F. The largest absolute Gasteiger partial charge is 0.454 e. The number of Topliss-reactive ketones (excluding diaryl/α,β-unsaturated/α-hetero) is 1. The Labute approximate surface area is 91.3 Å². The maximum atomic E-state index is 12.2. The lowest BCUT2D eigenvalue weighted by atomic mass is 9.90. The lowest BCUT2D eigenvalue weighted by Gasteiger charge is -2.16. The summed E-state index contributed by atoms with van der Waals surface area (Å²) in [5.41, 5.74) is 1.72. The van der Waals surface area contributed by atoms with E-state index in [9.17, 15) is 18.0 Å². The van der Waals surface area contributed by atoms with Crippen molar-refractivity contribution in [1.29, 1.82) is 0 Å². The molecule has 16 heavy (non-hydrogen) atoms. The van der Waals surface area contributed by atoms with Gasteiger partial charge in [-0.15, -0.1) is 0 Å². The molecule has 0 atom stereocenters. The van der Waals surface area contributed by atoms with Crippen molar-refractivity contribution < 1.29 is 18.0 Å². The molecule has 1 aromatic rings. The highest BCUT2D eigenvalue weighted by Crippen LogP contribution is 2.26. The molecular formula is C12H11F3O. The van der Waals surface area contributed by atoms with Gasteiger partial charge in [-0.1, -0.05) is 12.1 Å². The third-order valence-electron chi connectivity index (χ3n) is 2.87. The van der Waals surface area contributed by atoms with Crippen LogP contribution in [0, 0.1) is 0 Å². The van der Waals surface area contributed by atoms with Crippen molar-refractivity contribution in [2.45, 2.75) is 31.9 Å². The minimum Gasteiger partial charge on any atom is -0.284 e. The first-order chi connectivity index (χ1) is 7.48. The Balaban J connectivity index is 2.34. The van der Waals surface area contributed by atoms with Crippen molar-refractivity contribution in [3.63, 3.8) is 0 Å². The summed E-state index contributed by atoms with van der Waals surface area (Å²) in [7, 11) is 0. The van der Waals surface area contributed by atoms with Gasteiger partial charge in [0.1, 0.15) is 0 Å². The van der Waals surface area contributed by atoms with Gasteiger partial charge in [-0.2, -0.15) is 13.2 Å². The third-order valence-corrected chi connectivity index (χ3v) is 2.87. The number of carbonyl (C=O) groups excluding carboxylic acids is 1. The number of hydrogen-bond acceptors (Lipinski definition) is 1. The van der Waals surface area contributed by atoms with Crippen molar-refractivity contribution in [1.82, 2.24) is 0 Å². The van der Waals surface area contributed by atoms with Crippen LogP contribution in [-0.4, -0.2) is 12.0 Å². The first-order valence-electron chi connectivity index (χ1n) is 5.22. The number of ketones is 1. The van der Waals surface area contributed by atoms with E-state index in [0.717, 1.165) is 36.8 Å². The third kappa shape index (κ3) is 2.10. The summed E-state index contributed by atoms with van der Waals surface area (Å²) in [6, 6.07) is 4.32. The van der Waals surface area contributed by atoms with Gasteiger partial charge in [0.25, 0.3) is 5.78 Å². The molecular weight excluding hydrogens is 217 g/mol. The molecule has 0 unspecified atom stereocenters. The summed E-state index contributed by atoms with van der Waals surface area (Å²) in [5.74, 6) is -1.75. The van der Waals surface area contributed by atoms with E-state index >= 15 is 0 Å². The molecule has 0 heterocycles. The van der Waals surface area contributed by atoms with Gasteiger partial charge in [-0.3, -0.25) is 4.79 Å². The van der Waals surface area contributed by atoms with Crippen LogP contribution in [-0.2, 0) is 12.8 Å². The smallest absolute Gasteiger partial charge is 0.284 e. The lowest BCUT2D eigenvalue weighted by molar-refractivity contribution is -0.0885. The number of alkyl halides is 3. The fraction of sp³-hybridized carbons (Fsp3) is 0.417. The predicted octanol–water partition coefficient (Wildman–Crippen LogP) is 3.31. The van der Waals surface area contributed by atoms with Crippen molar-refractivity contribution in [3.05, 3.63) is 34.9 Å². The fourth-order valence-electron chi connectivity index (χ4n) is 2.04. The molecule has 1 nitrogen and oxygen atoms in total. The summed E-state index contributed by atoms with van der Waals surface area (Å²) in [4.78, 5) is 11.0. The number of fused-ring (bicyclic) bond motifs is 1. The van der Waals surface area contributed by atoms with Gasteiger partial charge in [0.15, 0.2) is 0 Å². The molecule has 4 heteroatoms. The van der Waals surface area contributed by atoms with Crippen LogP contribution in [0.25, 0.3) is 0 Å². The Kier molecular flexibility index (Phi) is 2.74. The van der Waals surface area contributed by atoms with Crippen molar-refractivity contribution in [2.24, 2.45) is 0 Å². The highest BCUT2D eigenvalue weighted by atomic mass is 19.4. The van der Waals surface area contributed by atoms with Gasteiger partial charge in [0.05, 0.1) is 0 Å². The first kappa shape index (κ1) is 11.2. The second kappa shape index (κ2) is 3.92. The Bertz CT molecular complexity index is 421. The predicted molar refractivity (Wildman–Crippen MR) is 53.5 cm³/mol. The number of carbonyl (C=O) groups is 1. The van der Waals surface area contributed by atoms with Crippen LogP contribution < -0.4 is 0 Å². The molecule has 1 aliphatic carbocycles. The molecule has 0 saturated carbocycles. The summed E-state index contributed by atoms with van der Waals surface area (Å²) in [6.07, 6.45) is -1.05. The maximum absolute atomic E-state index is 12.2. The van der Waals surface area contributed by atoms with Crippen molar-refractivity contribution >= 4 is 5.78 Å². The fourth-order valence-corrected chi connectivity index (χ4v) is 2.04. The summed E-state index contributed by atoms with van der Waals surface area (Å²) in [5, 5.41) is 0. The summed E-state index contributed by atoms with van der Waals surface area (Å²) in [6.45, 7) is 0. The zero-order valence-corrected chi connectivity index (χ0v) is 8.60. The van der Waals surface area contributed by atoms with Gasteiger partial charge >= 0.3 is 6.18 Å². The normalized spacial score (nSPS) is 15.7. The van der Waals surface area contributed by atoms with Crippen LogP contribution in [0.2, 0.25) is 0 Å². The van der Waals surface area contributed by atoms with Gasteiger partial charge in [-0.05, 0) is 42.9 Å². The molecule has 0 saturated heterocycles. The standard InChI is InChI=1S/C12H11F3O/c13-12(14,15)11(16)10-6-5-8-3-1-2-4-9(8)7-10/h5-7H,1-4H2. The second-order valence-corrected chi connectivity index (χ2v) is 4.02. The molecule has 0 bridgehead atoms. The average molecular weight is 228 g/mol. The average Bonchev–Trinajstić information content (AvgIpc) is 2.26. The molecule has 1 aliphatic rings. The molecule has 2 rings (SSSR count). The number of aryl methyl sites for hydroxylation is 2. The number of benzene rings is 1. The highest BCUT2D eigenvalue weighted by molar-refractivity contribution is 6.00. The summed E-state index contributed by atoms with van der Waals surface area (Å²) >= 11 is 0. The van der Waals surface area contributed by atoms with E-state index in [-0.39, 0.29) is 5.56 Å². The Morgan fingerprint density at radius 3 is 2.31 bits per heavy atom. The van der Waals surface area contributed by atoms with E-state index in [1.165, 1.54) is 12.1 Å². The second-order valence-electron chi connectivity index (χ2n) is 4.02. The number of rotatable bonds is 1.